The van der Waals surface area contributed by atoms with Crippen LogP contribution in [0.4, 0.5) is 0 Å². The molecule has 0 bridgehead atoms. The molecule has 16 heavy (non-hydrogen) atoms. The summed E-state index contributed by atoms with van der Waals surface area (Å²) in [5.74, 6) is 0.135. The van der Waals surface area contributed by atoms with Crippen molar-refractivity contribution in [3.63, 3.8) is 0 Å². The van der Waals surface area contributed by atoms with Crippen molar-refractivity contribution >= 4 is 10.0 Å². The minimum Gasteiger partial charge on any atom is -0.329 e. The van der Waals surface area contributed by atoms with Crippen LogP contribution in [0, 0.1) is 0 Å². The summed E-state index contributed by atoms with van der Waals surface area (Å²) in [5, 5.41) is 0. The molecule has 4 nitrogen and oxygen atoms in total. The van der Waals surface area contributed by atoms with Crippen molar-refractivity contribution < 1.29 is 8.42 Å². The minimum absolute atomic E-state index is 0.135. The van der Waals surface area contributed by atoms with E-state index >= 15 is 0 Å². The molecule has 1 aromatic carbocycles. The monoisotopic (exact) mass is 242 g/mol. The fourth-order valence-electron chi connectivity index (χ4n) is 1.48. The molecule has 1 unspecified atom stereocenters. The molecule has 1 rings (SSSR count). The van der Waals surface area contributed by atoms with Gasteiger partial charge >= 0.3 is 0 Å². The molecule has 0 saturated carbocycles. The molecule has 5 heteroatoms. The van der Waals surface area contributed by atoms with Crippen LogP contribution >= 0.6 is 0 Å². The first-order chi connectivity index (χ1) is 7.59. The van der Waals surface area contributed by atoms with E-state index in [-0.39, 0.29) is 18.3 Å². The summed E-state index contributed by atoms with van der Waals surface area (Å²) < 4.78 is 25.8. The lowest BCUT2D eigenvalue weighted by Crippen LogP contribution is -2.34. The molecule has 0 fully saturated rings. The van der Waals surface area contributed by atoms with Crippen LogP contribution in [0.2, 0.25) is 0 Å². The Bertz CT molecular complexity index is 403. The van der Waals surface area contributed by atoms with E-state index in [9.17, 15) is 8.42 Å². The molecule has 0 aliphatic carbocycles. The van der Waals surface area contributed by atoms with Crippen molar-refractivity contribution in [1.29, 1.82) is 0 Å². The maximum atomic E-state index is 11.6. The molecular formula is C11H18N2O2S. The van der Waals surface area contributed by atoms with Crippen molar-refractivity contribution in [1.82, 2.24) is 4.72 Å². The number of nitrogens with two attached hydrogens (primary N) is 1. The minimum atomic E-state index is -3.22. The van der Waals surface area contributed by atoms with Gasteiger partial charge in [0.25, 0.3) is 0 Å². The molecule has 0 heterocycles. The van der Waals surface area contributed by atoms with E-state index in [1.807, 2.05) is 37.3 Å². The fraction of sp³-hybridized carbons (Fsp3) is 0.455. The van der Waals surface area contributed by atoms with Gasteiger partial charge in [-0.3, -0.25) is 0 Å². The van der Waals surface area contributed by atoms with Gasteiger partial charge in [0, 0.05) is 6.54 Å². The highest BCUT2D eigenvalue weighted by Crippen LogP contribution is 2.12. The quantitative estimate of drug-likeness (QED) is 0.782. The lowest BCUT2D eigenvalue weighted by molar-refractivity contribution is 0.557. The SMILES string of the molecule is CCCS(=O)(=O)NC(CN)c1ccccc1. The number of benzene rings is 1. The Labute approximate surface area is 96.9 Å². The highest BCUT2D eigenvalue weighted by Gasteiger charge is 2.16. The summed E-state index contributed by atoms with van der Waals surface area (Å²) in [5.41, 5.74) is 6.47. The van der Waals surface area contributed by atoms with Crippen molar-refractivity contribution in [2.45, 2.75) is 19.4 Å². The van der Waals surface area contributed by atoms with E-state index < -0.39 is 10.0 Å². The summed E-state index contributed by atoms with van der Waals surface area (Å²) in [6, 6.07) is 9.02. The largest absolute Gasteiger partial charge is 0.329 e. The van der Waals surface area contributed by atoms with Gasteiger partial charge in [-0.05, 0) is 12.0 Å². The summed E-state index contributed by atoms with van der Waals surface area (Å²) in [7, 11) is -3.22. The van der Waals surface area contributed by atoms with E-state index in [0.29, 0.717) is 6.42 Å². The second-order valence-corrected chi connectivity index (χ2v) is 5.51. The zero-order chi connectivity index (χ0) is 12.0. The zero-order valence-corrected chi connectivity index (χ0v) is 10.2. The van der Waals surface area contributed by atoms with Gasteiger partial charge in [0.15, 0.2) is 0 Å². The fourth-order valence-corrected chi connectivity index (χ4v) is 2.80. The van der Waals surface area contributed by atoms with Crippen LogP contribution < -0.4 is 10.5 Å². The molecule has 1 aromatic rings. The third-order valence-electron chi connectivity index (χ3n) is 2.23. The van der Waals surface area contributed by atoms with Gasteiger partial charge in [-0.2, -0.15) is 0 Å². The summed E-state index contributed by atoms with van der Waals surface area (Å²) in [6.45, 7) is 2.09. The van der Waals surface area contributed by atoms with E-state index in [1.54, 1.807) is 0 Å². The van der Waals surface area contributed by atoms with Crippen LogP contribution in [0.1, 0.15) is 24.9 Å². The maximum Gasteiger partial charge on any atom is 0.212 e. The first-order valence-electron chi connectivity index (χ1n) is 5.34. The lowest BCUT2D eigenvalue weighted by atomic mass is 10.1. The predicted molar refractivity (Wildman–Crippen MR) is 65.5 cm³/mol. The molecule has 0 radical (unpaired) electrons. The number of sulfonamides is 1. The predicted octanol–water partition coefficient (Wildman–Crippen LogP) is 1.02. The molecule has 0 aliphatic rings. The second kappa shape index (κ2) is 5.98. The Kier molecular flexibility index (Phi) is 4.92. The number of hydrogen-bond donors (Lipinski definition) is 2. The molecule has 3 N–H and O–H groups in total. The van der Waals surface area contributed by atoms with Crippen LogP contribution in [-0.2, 0) is 10.0 Å². The average molecular weight is 242 g/mol. The standard InChI is InChI=1S/C11H18N2O2S/c1-2-8-16(14,15)13-11(9-12)10-6-4-3-5-7-10/h3-7,11,13H,2,8-9,12H2,1H3. The molecule has 0 spiro atoms. The molecule has 0 amide bonds. The molecule has 0 aromatic heterocycles. The smallest absolute Gasteiger partial charge is 0.212 e. The van der Waals surface area contributed by atoms with Gasteiger partial charge in [-0.1, -0.05) is 37.3 Å². The van der Waals surface area contributed by atoms with Gasteiger partial charge in [0.1, 0.15) is 0 Å². The van der Waals surface area contributed by atoms with Crippen LogP contribution in [0.5, 0.6) is 0 Å². The van der Waals surface area contributed by atoms with Crippen molar-refractivity contribution in [2.24, 2.45) is 5.73 Å². The lowest BCUT2D eigenvalue weighted by Gasteiger charge is -2.16. The third-order valence-corrected chi connectivity index (χ3v) is 3.82. The number of hydrogen-bond acceptors (Lipinski definition) is 3. The van der Waals surface area contributed by atoms with Gasteiger partial charge in [-0.15, -0.1) is 0 Å². The van der Waals surface area contributed by atoms with Gasteiger partial charge in [-0.25, -0.2) is 13.1 Å². The Morgan fingerprint density at radius 1 is 1.31 bits per heavy atom. The molecule has 0 saturated heterocycles. The van der Waals surface area contributed by atoms with Crippen LogP contribution in [0.15, 0.2) is 30.3 Å². The van der Waals surface area contributed by atoms with Gasteiger partial charge in [0.05, 0.1) is 11.8 Å². The summed E-state index contributed by atoms with van der Waals surface area (Å²) in [6.07, 6.45) is 0.599. The van der Waals surface area contributed by atoms with Crippen molar-refractivity contribution in [3.8, 4) is 0 Å². The van der Waals surface area contributed by atoms with Gasteiger partial charge in [0.2, 0.25) is 10.0 Å². The first-order valence-corrected chi connectivity index (χ1v) is 6.99. The Balaban J connectivity index is 2.78. The second-order valence-electron chi connectivity index (χ2n) is 3.64. The topological polar surface area (TPSA) is 72.2 Å². The summed E-state index contributed by atoms with van der Waals surface area (Å²) >= 11 is 0. The van der Waals surface area contributed by atoms with E-state index in [2.05, 4.69) is 4.72 Å². The van der Waals surface area contributed by atoms with Crippen molar-refractivity contribution in [2.75, 3.05) is 12.3 Å². The number of rotatable bonds is 6. The van der Waals surface area contributed by atoms with Crippen LogP contribution in [0.3, 0.4) is 0 Å². The Hall–Kier alpha value is -0.910. The number of nitrogens with one attached hydrogen (secondary N) is 1. The average Bonchev–Trinajstić information content (AvgIpc) is 2.27. The van der Waals surface area contributed by atoms with E-state index in [1.165, 1.54) is 0 Å². The normalized spacial score (nSPS) is 13.6. The van der Waals surface area contributed by atoms with E-state index in [4.69, 9.17) is 5.73 Å². The van der Waals surface area contributed by atoms with E-state index in [0.717, 1.165) is 5.56 Å². The zero-order valence-electron chi connectivity index (χ0n) is 9.39. The molecule has 0 aliphatic heterocycles. The Morgan fingerprint density at radius 3 is 2.44 bits per heavy atom. The maximum absolute atomic E-state index is 11.6. The molecular weight excluding hydrogens is 224 g/mol. The first kappa shape index (κ1) is 13.2. The highest BCUT2D eigenvalue weighted by molar-refractivity contribution is 7.89. The van der Waals surface area contributed by atoms with Crippen LogP contribution in [-0.4, -0.2) is 20.7 Å². The summed E-state index contributed by atoms with van der Waals surface area (Å²) in [4.78, 5) is 0. The van der Waals surface area contributed by atoms with Crippen molar-refractivity contribution in [3.05, 3.63) is 35.9 Å². The third kappa shape index (κ3) is 3.92. The Morgan fingerprint density at radius 2 is 1.94 bits per heavy atom. The van der Waals surface area contributed by atoms with Gasteiger partial charge < -0.3 is 5.73 Å². The molecule has 90 valence electrons. The molecule has 1 atom stereocenters. The van der Waals surface area contributed by atoms with Crippen LogP contribution in [0.25, 0.3) is 0 Å². The highest BCUT2D eigenvalue weighted by atomic mass is 32.2.